The molecule has 0 radical (unpaired) electrons. The summed E-state index contributed by atoms with van der Waals surface area (Å²) in [5, 5.41) is 7.02. The van der Waals surface area contributed by atoms with E-state index in [0.717, 1.165) is 11.6 Å². The number of carbonyl (C=O) groups excluding carboxylic acids is 1. The van der Waals surface area contributed by atoms with Crippen molar-refractivity contribution in [1.29, 1.82) is 0 Å². The van der Waals surface area contributed by atoms with E-state index in [1.807, 2.05) is 30.4 Å². The van der Waals surface area contributed by atoms with Gasteiger partial charge in [-0.15, -0.1) is 0 Å². The van der Waals surface area contributed by atoms with Crippen LogP contribution in [0.1, 0.15) is 22.0 Å². The monoisotopic (exact) mass is 326 g/mol. The van der Waals surface area contributed by atoms with Crippen LogP contribution in [0.25, 0.3) is 0 Å². The summed E-state index contributed by atoms with van der Waals surface area (Å²) in [4.78, 5) is 14.2. The van der Waals surface area contributed by atoms with Crippen molar-refractivity contribution in [3.05, 3.63) is 57.0 Å². The first-order valence-corrected chi connectivity index (χ1v) is 7.73. The molecular weight excluding hydrogens is 311 g/mol. The number of hydrogen-bond acceptors (Lipinski definition) is 3. The number of amides is 1. The Bertz CT molecular complexity index is 616. The molecule has 0 saturated carbocycles. The molecule has 3 nitrogen and oxygen atoms in total. The van der Waals surface area contributed by atoms with Crippen LogP contribution >= 0.6 is 22.9 Å². The van der Waals surface area contributed by atoms with E-state index in [1.165, 1.54) is 12.1 Å². The van der Waals surface area contributed by atoms with Crippen molar-refractivity contribution in [2.75, 3.05) is 20.6 Å². The molecule has 21 heavy (non-hydrogen) atoms. The lowest BCUT2D eigenvalue weighted by Gasteiger charge is -2.24. The third kappa shape index (κ3) is 4.03. The fourth-order valence-electron chi connectivity index (χ4n) is 2.02. The quantitative estimate of drug-likeness (QED) is 0.911. The van der Waals surface area contributed by atoms with Crippen LogP contribution in [0.3, 0.4) is 0 Å². The van der Waals surface area contributed by atoms with Crippen molar-refractivity contribution >= 4 is 28.8 Å². The number of carbonyl (C=O) groups is 1. The molecule has 1 amide bonds. The van der Waals surface area contributed by atoms with E-state index in [4.69, 9.17) is 11.6 Å². The topological polar surface area (TPSA) is 32.3 Å². The molecule has 1 aromatic carbocycles. The van der Waals surface area contributed by atoms with Crippen molar-refractivity contribution < 1.29 is 9.18 Å². The second-order valence-electron chi connectivity index (χ2n) is 4.87. The van der Waals surface area contributed by atoms with Gasteiger partial charge < -0.3 is 10.2 Å². The number of hydrogen-bond donors (Lipinski definition) is 1. The lowest BCUT2D eigenvalue weighted by molar-refractivity contribution is 0.0942. The maximum Gasteiger partial charge on any atom is 0.252 e. The molecule has 112 valence electrons. The van der Waals surface area contributed by atoms with E-state index in [2.05, 4.69) is 10.7 Å². The molecule has 1 aromatic heterocycles. The fraction of sp³-hybridized carbons (Fsp3) is 0.267. The van der Waals surface area contributed by atoms with Crippen LogP contribution in [0, 0.1) is 5.82 Å². The smallest absolute Gasteiger partial charge is 0.252 e. The van der Waals surface area contributed by atoms with Gasteiger partial charge in [0.25, 0.3) is 5.91 Å². The third-order valence-electron chi connectivity index (χ3n) is 3.18. The lowest BCUT2D eigenvalue weighted by atomic mass is 10.1. The SMILES string of the molecule is CN(C)[C@@H](CNC(=O)c1ccc(F)cc1Cl)c1ccsc1. The van der Waals surface area contributed by atoms with Gasteiger partial charge in [-0.05, 0) is 54.7 Å². The number of likely N-dealkylation sites (N-methyl/N-ethyl adjacent to an activating group) is 1. The molecule has 6 heteroatoms. The van der Waals surface area contributed by atoms with E-state index in [-0.39, 0.29) is 22.5 Å². The minimum Gasteiger partial charge on any atom is -0.350 e. The van der Waals surface area contributed by atoms with Gasteiger partial charge in [0, 0.05) is 6.54 Å². The summed E-state index contributed by atoms with van der Waals surface area (Å²) in [6, 6.07) is 5.87. The highest BCUT2D eigenvalue weighted by atomic mass is 35.5. The fourth-order valence-corrected chi connectivity index (χ4v) is 2.98. The highest BCUT2D eigenvalue weighted by Crippen LogP contribution is 2.21. The predicted octanol–water partition coefficient (Wildman–Crippen LogP) is 3.57. The maximum atomic E-state index is 13.0. The Morgan fingerprint density at radius 3 is 2.76 bits per heavy atom. The van der Waals surface area contributed by atoms with Crippen molar-refractivity contribution in [3.8, 4) is 0 Å². The Morgan fingerprint density at radius 2 is 2.19 bits per heavy atom. The molecule has 0 aliphatic rings. The van der Waals surface area contributed by atoms with Gasteiger partial charge in [-0.25, -0.2) is 4.39 Å². The number of halogens is 2. The normalized spacial score (nSPS) is 12.4. The van der Waals surface area contributed by atoms with Crippen LogP contribution in [0.2, 0.25) is 5.02 Å². The average molecular weight is 327 g/mol. The third-order valence-corrected chi connectivity index (χ3v) is 4.20. The minimum atomic E-state index is -0.457. The van der Waals surface area contributed by atoms with E-state index in [9.17, 15) is 9.18 Å². The summed E-state index contributed by atoms with van der Waals surface area (Å²) < 4.78 is 13.0. The second-order valence-corrected chi connectivity index (χ2v) is 6.06. The number of benzene rings is 1. The number of rotatable bonds is 5. The van der Waals surface area contributed by atoms with Crippen LogP contribution in [-0.4, -0.2) is 31.4 Å². The Balaban J connectivity index is 2.05. The molecule has 0 saturated heterocycles. The van der Waals surface area contributed by atoms with Gasteiger partial charge in [-0.3, -0.25) is 4.79 Å². The summed E-state index contributed by atoms with van der Waals surface area (Å²) in [5.74, 6) is -0.761. The molecule has 2 aromatic rings. The second kappa shape index (κ2) is 7.02. The van der Waals surface area contributed by atoms with Crippen LogP contribution in [0.15, 0.2) is 35.0 Å². The minimum absolute atomic E-state index is 0.0828. The van der Waals surface area contributed by atoms with Gasteiger partial charge >= 0.3 is 0 Å². The van der Waals surface area contributed by atoms with Crippen LogP contribution in [0.4, 0.5) is 4.39 Å². The summed E-state index contributed by atoms with van der Waals surface area (Å²) in [7, 11) is 3.92. The van der Waals surface area contributed by atoms with E-state index < -0.39 is 5.82 Å². The van der Waals surface area contributed by atoms with Crippen molar-refractivity contribution in [1.82, 2.24) is 10.2 Å². The van der Waals surface area contributed by atoms with Crippen molar-refractivity contribution in [2.45, 2.75) is 6.04 Å². The van der Waals surface area contributed by atoms with Crippen LogP contribution < -0.4 is 5.32 Å². The first-order chi connectivity index (χ1) is 9.99. The Morgan fingerprint density at radius 1 is 1.43 bits per heavy atom. The molecule has 0 fully saturated rings. The molecular formula is C15H16ClFN2OS. The average Bonchev–Trinajstić information content (AvgIpc) is 2.92. The van der Waals surface area contributed by atoms with Gasteiger partial charge in [0.05, 0.1) is 16.6 Å². The molecule has 0 unspecified atom stereocenters. The molecule has 0 aliphatic heterocycles. The number of nitrogens with zero attached hydrogens (tertiary/aromatic N) is 1. The van der Waals surface area contributed by atoms with Crippen molar-refractivity contribution in [3.63, 3.8) is 0 Å². The zero-order valence-electron chi connectivity index (χ0n) is 11.8. The highest BCUT2D eigenvalue weighted by Gasteiger charge is 2.17. The van der Waals surface area contributed by atoms with Crippen LogP contribution in [0.5, 0.6) is 0 Å². The maximum absolute atomic E-state index is 13.0. The highest BCUT2D eigenvalue weighted by molar-refractivity contribution is 7.07. The van der Waals surface area contributed by atoms with E-state index in [0.29, 0.717) is 6.54 Å². The first-order valence-electron chi connectivity index (χ1n) is 6.41. The molecule has 2 rings (SSSR count). The summed E-state index contributed by atoms with van der Waals surface area (Å²) in [6.07, 6.45) is 0. The summed E-state index contributed by atoms with van der Waals surface area (Å²) in [5.41, 5.74) is 1.43. The van der Waals surface area contributed by atoms with Crippen LogP contribution in [-0.2, 0) is 0 Å². The Kier molecular flexibility index (Phi) is 5.33. The summed E-state index contributed by atoms with van der Waals surface area (Å²) in [6.45, 7) is 0.455. The van der Waals surface area contributed by atoms with E-state index >= 15 is 0 Å². The molecule has 0 bridgehead atoms. The molecule has 1 heterocycles. The molecule has 0 spiro atoms. The largest absolute Gasteiger partial charge is 0.350 e. The summed E-state index contributed by atoms with van der Waals surface area (Å²) >= 11 is 7.51. The number of nitrogens with one attached hydrogen (secondary N) is 1. The van der Waals surface area contributed by atoms with Gasteiger partial charge in [0.15, 0.2) is 0 Å². The zero-order chi connectivity index (χ0) is 15.4. The number of thiophene rings is 1. The first kappa shape index (κ1) is 15.9. The van der Waals surface area contributed by atoms with E-state index in [1.54, 1.807) is 11.3 Å². The Hall–Kier alpha value is -1.43. The lowest BCUT2D eigenvalue weighted by Crippen LogP contribution is -2.34. The molecule has 0 aliphatic carbocycles. The zero-order valence-corrected chi connectivity index (χ0v) is 13.3. The van der Waals surface area contributed by atoms with Gasteiger partial charge in [0.1, 0.15) is 5.82 Å². The molecule has 1 atom stereocenters. The van der Waals surface area contributed by atoms with Gasteiger partial charge in [-0.1, -0.05) is 11.6 Å². The van der Waals surface area contributed by atoms with Gasteiger partial charge in [0.2, 0.25) is 0 Å². The van der Waals surface area contributed by atoms with Crippen molar-refractivity contribution in [2.24, 2.45) is 0 Å². The predicted molar refractivity (Wildman–Crippen MR) is 84.5 cm³/mol. The Labute approximate surface area is 132 Å². The van der Waals surface area contributed by atoms with Gasteiger partial charge in [-0.2, -0.15) is 11.3 Å². The standard InChI is InChI=1S/C15H16ClFN2OS/c1-19(2)14(10-5-6-21-9-10)8-18-15(20)12-4-3-11(17)7-13(12)16/h3-7,9,14H,8H2,1-2H3,(H,18,20)/t14-/m0/s1. The molecule has 1 N–H and O–H groups in total.